The fraction of sp³-hybridized carbons (Fsp3) is 0.636. The monoisotopic (exact) mass is 239 g/mol. The maximum absolute atomic E-state index is 11.7. The second kappa shape index (κ2) is 5.41. The number of rotatable bonds is 3. The Morgan fingerprint density at radius 3 is 3.25 bits per heavy atom. The molecule has 0 saturated carbocycles. The van der Waals surface area contributed by atoms with Crippen LogP contribution in [0.15, 0.2) is 5.38 Å². The van der Waals surface area contributed by atoms with Gasteiger partial charge in [0.2, 0.25) is 5.91 Å². The molecule has 1 aliphatic rings. The number of piperidine rings is 1. The summed E-state index contributed by atoms with van der Waals surface area (Å²) in [6, 6.07) is 0. The topological polar surface area (TPSA) is 54.0 Å². The Morgan fingerprint density at radius 1 is 1.75 bits per heavy atom. The third-order valence-corrected chi connectivity index (χ3v) is 3.61. The van der Waals surface area contributed by atoms with Gasteiger partial charge in [0, 0.05) is 11.8 Å². The van der Waals surface area contributed by atoms with E-state index in [1.54, 1.807) is 0 Å². The van der Waals surface area contributed by atoms with Gasteiger partial charge in [0.05, 0.1) is 5.69 Å². The molecule has 0 bridgehead atoms. The van der Waals surface area contributed by atoms with E-state index in [0.29, 0.717) is 17.5 Å². The van der Waals surface area contributed by atoms with Gasteiger partial charge in [-0.1, -0.05) is 0 Å². The van der Waals surface area contributed by atoms with Crippen molar-refractivity contribution in [3.8, 4) is 0 Å². The molecular formula is C11H17N3OS. The quantitative estimate of drug-likeness (QED) is 0.845. The fourth-order valence-corrected chi connectivity index (χ4v) is 2.65. The summed E-state index contributed by atoms with van der Waals surface area (Å²) >= 11 is 1.48. The Bertz CT molecular complexity index is 358. The molecule has 1 amide bonds. The molecule has 1 aliphatic heterocycles. The lowest BCUT2D eigenvalue weighted by Crippen LogP contribution is -2.32. The largest absolute Gasteiger partial charge is 0.316 e. The van der Waals surface area contributed by atoms with Crippen molar-refractivity contribution in [3.63, 3.8) is 0 Å². The van der Waals surface area contributed by atoms with E-state index < -0.39 is 0 Å². The Morgan fingerprint density at radius 2 is 2.62 bits per heavy atom. The first-order chi connectivity index (χ1) is 7.74. The van der Waals surface area contributed by atoms with Crippen LogP contribution < -0.4 is 10.6 Å². The molecule has 1 aromatic heterocycles. The fourth-order valence-electron chi connectivity index (χ4n) is 1.94. The molecule has 1 saturated heterocycles. The zero-order valence-corrected chi connectivity index (χ0v) is 10.3. The smallest absolute Gasteiger partial charge is 0.226 e. The zero-order chi connectivity index (χ0) is 11.4. The number of aryl methyl sites for hydroxylation is 1. The van der Waals surface area contributed by atoms with Gasteiger partial charge in [0.1, 0.15) is 0 Å². The van der Waals surface area contributed by atoms with E-state index in [1.165, 1.54) is 17.8 Å². The van der Waals surface area contributed by atoms with Crippen LogP contribution in [0.5, 0.6) is 0 Å². The van der Waals surface area contributed by atoms with E-state index in [2.05, 4.69) is 15.6 Å². The molecule has 88 valence electrons. The summed E-state index contributed by atoms with van der Waals surface area (Å²) in [5.74, 6) is 0.567. The first kappa shape index (κ1) is 11.5. The predicted octanol–water partition coefficient (Wildman–Crippen LogP) is 1.78. The van der Waals surface area contributed by atoms with Gasteiger partial charge in [-0.05, 0) is 38.8 Å². The number of carbonyl (C=O) groups excluding carboxylic acids is 1. The summed E-state index contributed by atoms with van der Waals surface area (Å²) < 4.78 is 0. The van der Waals surface area contributed by atoms with Gasteiger partial charge in [-0.3, -0.25) is 4.79 Å². The Labute approximate surface area is 99.5 Å². The molecule has 0 aliphatic carbocycles. The van der Waals surface area contributed by atoms with Crippen LogP contribution in [-0.2, 0) is 4.79 Å². The van der Waals surface area contributed by atoms with Crippen molar-refractivity contribution < 1.29 is 4.79 Å². The number of anilines is 1. The predicted molar refractivity (Wildman–Crippen MR) is 65.7 cm³/mol. The molecule has 1 atom stereocenters. The molecule has 1 unspecified atom stereocenters. The highest BCUT2D eigenvalue weighted by Gasteiger charge is 2.17. The summed E-state index contributed by atoms with van der Waals surface area (Å²) in [4.78, 5) is 15.9. The van der Waals surface area contributed by atoms with Crippen LogP contribution in [0.4, 0.5) is 5.13 Å². The molecule has 16 heavy (non-hydrogen) atoms. The van der Waals surface area contributed by atoms with Crippen molar-refractivity contribution in [1.82, 2.24) is 10.3 Å². The summed E-state index contributed by atoms with van der Waals surface area (Å²) in [6.07, 6.45) is 2.93. The summed E-state index contributed by atoms with van der Waals surface area (Å²) in [7, 11) is 0. The van der Waals surface area contributed by atoms with Crippen LogP contribution in [0.3, 0.4) is 0 Å². The van der Waals surface area contributed by atoms with Crippen molar-refractivity contribution in [3.05, 3.63) is 11.1 Å². The van der Waals surface area contributed by atoms with Gasteiger partial charge in [-0.15, -0.1) is 11.3 Å². The maximum Gasteiger partial charge on any atom is 0.226 e. The minimum atomic E-state index is 0.0862. The van der Waals surface area contributed by atoms with Crippen molar-refractivity contribution in [1.29, 1.82) is 0 Å². The van der Waals surface area contributed by atoms with Crippen LogP contribution in [0.2, 0.25) is 0 Å². The minimum Gasteiger partial charge on any atom is -0.316 e. The lowest BCUT2D eigenvalue weighted by atomic mass is 9.96. The molecular weight excluding hydrogens is 222 g/mol. The molecule has 0 aromatic carbocycles. The second-order valence-corrected chi connectivity index (χ2v) is 5.12. The Kier molecular flexibility index (Phi) is 3.90. The van der Waals surface area contributed by atoms with E-state index in [4.69, 9.17) is 0 Å². The zero-order valence-electron chi connectivity index (χ0n) is 9.45. The van der Waals surface area contributed by atoms with Crippen molar-refractivity contribution in [2.45, 2.75) is 26.2 Å². The third kappa shape index (κ3) is 3.28. The maximum atomic E-state index is 11.7. The molecule has 5 heteroatoms. The average Bonchev–Trinajstić information content (AvgIpc) is 2.65. The van der Waals surface area contributed by atoms with E-state index in [0.717, 1.165) is 25.2 Å². The third-order valence-electron chi connectivity index (χ3n) is 2.74. The first-order valence-electron chi connectivity index (χ1n) is 5.67. The van der Waals surface area contributed by atoms with Gasteiger partial charge in [-0.2, -0.15) is 0 Å². The van der Waals surface area contributed by atoms with Gasteiger partial charge in [0.25, 0.3) is 0 Å². The van der Waals surface area contributed by atoms with Gasteiger partial charge >= 0.3 is 0 Å². The van der Waals surface area contributed by atoms with E-state index >= 15 is 0 Å². The molecule has 2 rings (SSSR count). The van der Waals surface area contributed by atoms with E-state index in [1.807, 2.05) is 12.3 Å². The van der Waals surface area contributed by atoms with Crippen LogP contribution >= 0.6 is 11.3 Å². The Hall–Kier alpha value is -0.940. The molecule has 2 N–H and O–H groups in total. The molecule has 0 radical (unpaired) electrons. The van der Waals surface area contributed by atoms with E-state index in [-0.39, 0.29) is 5.91 Å². The van der Waals surface area contributed by atoms with Crippen LogP contribution in [0.1, 0.15) is 25.0 Å². The molecule has 0 spiro atoms. The first-order valence-corrected chi connectivity index (χ1v) is 6.54. The molecule has 1 fully saturated rings. The number of hydrogen-bond acceptors (Lipinski definition) is 4. The summed E-state index contributed by atoms with van der Waals surface area (Å²) in [5.41, 5.74) is 0.958. The van der Waals surface area contributed by atoms with Crippen molar-refractivity contribution in [2.24, 2.45) is 5.92 Å². The highest BCUT2D eigenvalue weighted by molar-refractivity contribution is 7.13. The van der Waals surface area contributed by atoms with Gasteiger partial charge < -0.3 is 10.6 Å². The van der Waals surface area contributed by atoms with Crippen molar-refractivity contribution >= 4 is 22.4 Å². The SMILES string of the molecule is Cc1csc(NC(=O)CC2CCCNC2)n1. The summed E-state index contributed by atoms with van der Waals surface area (Å²) in [5, 5.41) is 8.82. The average molecular weight is 239 g/mol. The van der Waals surface area contributed by atoms with Crippen molar-refractivity contribution in [2.75, 3.05) is 18.4 Å². The van der Waals surface area contributed by atoms with E-state index in [9.17, 15) is 4.79 Å². The van der Waals surface area contributed by atoms with Crippen LogP contribution in [0.25, 0.3) is 0 Å². The number of nitrogens with zero attached hydrogens (tertiary/aromatic N) is 1. The number of amides is 1. The lowest BCUT2D eigenvalue weighted by Gasteiger charge is -2.21. The number of hydrogen-bond donors (Lipinski definition) is 2. The standard InChI is InChI=1S/C11H17N3OS/c1-8-7-16-11(13-8)14-10(15)5-9-3-2-4-12-6-9/h7,9,12H,2-6H2,1H3,(H,13,14,15). The number of aromatic nitrogens is 1. The minimum absolute atomic E-state index is 0.0862. The normalized spacial score (nSPS) is 20.7. The number of thiazole rings is 1. The summed E-state index contributed by atoms with van der Waals surface area (Å²) in [6.45, 7) is 3.98. The number of nitrogens with one attached hydrogen (secondary N) is 2. The highest BCUT2D eigenvalue weighted by Crippen LogP contribution is 2.17. The highest BCUT2D eigenvalue weighted by atomic mass is 32.1. The van der Waals surface area contributed by atoms with Gasteiger partial charge in [-0.25, -0.2) is 4.98 Å². The van der Waals surface area contributed by atoms with Crippen LogP contribution in [-0.4, -0.2) is 24.0 Å². The van der Waals surface area contributed by atoms with Gasteiger partial charge in [0.15, 0.2) is 5.13 Å². The Balaban J connectivity index is 1.79. The number of carbonyl (C=O) groups is 1. The van der Waals surface area contributed by atoms with Crippen LogP contribution in [0, 0.1) is 12.8 Å². The second-order valence-electron chi connectivity index (χ2n) is 4.26. The molecule has 2 heterocycles. The molecule has 4 nitrogen and oxygen atoms in total. The molecule has 1 aromatic rings. The lowest BCUT2D eigenvalue weighted by molar-refractivity contribution is -0.117.